The number of aliphatic hydroxyl groups excluding tert-OH is 1. The van der Waals surface area contributed by atoms with E-state index in [1.165, 1.54) is 11.1 Å². The summed E-state index contributed by atoms with van der Waals surface area (Å²) in [7, 11) is 0. The Morgan fingerprint density at radius 2 is 1.95 bits per heavy atom. The van der Waals surface area contributed by atoms with Gasteiger partial charge < -0.3 is 15.2 Å². The number of benzene rings is 2. The Bertz CT molecular complexity index is 614. The molecular weight excluding hydrogens is 342 g/mol. The molecule has 2 aromatic carbocycles. The van der Waals surface area contributed by atoms with E-state index < -0.39 is 0 Å². The molecule has 4 heteroatoms. The van der Waals surface area contributed by atoms with Gasteiger partial charge in [-0.3, -0.25) is 0 Å². The molecule has 0 saturated carbocycles. The van der Waals surface area contributed by atoms with Crippen LogP contribution in [-0.4, -0.2) is 17.8 Å². The van der Waals surface area contributed by atoms with E-state index in [9.17, 15) is 5.11 Å². The largest absolute Gasteiger partial charge is 0.489 e. The molecule has 0 saturated heterocycles. The summed E-state index contributed by atoms with van der Waals surface area (Å²) in [6, 6.07) is 14.2. The number of aliphatic hydroxyl groups is 1. The molecule has 0 aliphatic carbocycles. The fourth-order valence-electron chi connectivity index (χ4n) is 2.17. The van der Waals surface area contributed by atoms with Gasteiger partial charge in [-0.15, -0.1) is 0 Å². The Balaban J connectivity index is 2.05. The summed E-state index contributed by atoms with van der Waals surface area (Å²) in [6.45, 7) is 5.63. The van der Waals surface area contributed by atoms with Crippen LogP contribution in [0.2, 0.25) is 0 Å². The molecule has 118 valence electrons. The molecule has 0 radical (unpaired) electrons. The van der Waals surface area contributed by atoms with Gasteiger partial charge in [0.25, 0.3) is 0 Å². The van der Waals surface area contributed by atoms with Gasteiger partial charge in [-0.25, -0.2) is 0 Å². The maximum absolute atomic E-state index is 9.33. The monoisotopic (exact) mass is 363 g/mol. The van der Waals surface area contributed by atoms with E-state index in [-0.39, 0.29) is 6.10 Å². The second kappa shape index (κ2) is 8.32. The van der Waals surface area contributed by atoms with Gasteiger partial charge in [0, 0.05) is 23.1 Å². The third-order valence-electron chi connectivity index (χ3n) is 3.42. The van der Waals surface area contributed by atoms with E-state index in [1.54, 1.807) is 6.92 Å². The van der Waals surface area contributed by atoms with E-state index in [0.717, 1.165) is 15.8 Å². The van der Waals surface area contributed by atoms with Crippen LogP contribution in [0.3, 0.4) is 0 Å². The Labute approximate surface area is 140 Å². The molecule has 0 aliphatic heterocycles. The predicted octanol–water partition coefficient (Wildman–Crippen LogP) is 3.81. The van der Waals surface area contributed by atoms with Crippen molar-refractivity contribution in [3.8, 4) is 5.75 Å². The average Bonchev–Trinajstić information content (AvgIpc) is 2.47. The van der Waals surface area contributed by atoms with Crippen LogP contribution >= 0.6 is 15.9 Å². The van der Waals surface area contributed by atoms with E-state index in [4.69, 9.17) is 4.74 Å². The first-order valence-corrected chi connectivity index (χ1v) is 8.20. The summed E-state index contributed by atoms with van der Waals surface area (Å²) < 4.78 is 7.01. The first-order valence-electron chi connectivity index (χ1n) is 7.41. The molecule has 0 aromatic heterocycles. The average molecular weight is 364 g/mol. The Morgan fingerprint density at radius 1 is 1.18 bits per heavy atom. The molecule has 2 aromatic rings. The molecule has 3 nitrogen and oxygen atoms in total. The van der Waals surface area contributed by atoms with Gasteiger partial charge in [0.05, 0.1) is 6.10 Å². The highest BCUT2D eigenvalue weighted by atomic mass is 79.9. The molecular formula is C18H22BrNO2. The zero-order valence-electron chi connectivity index (χ0n) is 13.0. The van der Waals surface area contributed by atoms with E-state index in [1.807, 2.05) is 30.3 Å². The van der Waals surface area contributed by atoms with Gasteiger partial charge in [-0.2, -0.15) is 0 Å². The van der Waals surface area contributed by atoms with E-state index in [2.05, 4.69) is 40.3 Å². The third kappa shape index (κ3) is 5.13. The van der Waals surface area contributed by atoms with E-state index in [0.29, 0.717) is 19.7 Å². The Morgan fingerprint density at radius 3 is 2.68 bits per heavy atom. The lowest BCUT2D eigenvalue weighted by Crippen LogP contribution is -2.24. The smallest absolute Gasteiger partial charge is 0.124 e. The number of halogens is 1. The minimum absolute atomic E-state index is 0.358. The highest BCUT2D eigenvalue weighted by molar-refractivity contribution is 9.10. The number of nitrogens with one attached hydrogen (secondary N) is 1. The van der Waals surface area contributed by atoms with Crippen LogP contribution in [-0.2, 0) is 13.2 Å². The summed E-state index contributed by atoms with van der Waals surface area (Å²) in [4.78, 5) is 0. The molecule has 2 rings (SSSR count). The number of hydrogen-bond acceptors (Lipinski definition) is 3. The summed E-state index contributed by atoms with van der Waals surface area (Å²) >= 11 is 3.49. The summed E-state index contributed by atoms with van der Waals surface area (Å²) in [5.74, 6) is 0.865. The number of hydrogen-bond donors (Lipinski definition) is 2. The first-order chi connectivity index (χ1) is 10.6. The fraction of sp³-hybridized carbons (Fsp3) is 0.333. The number of rotatable bonds is 7. The zero-order valence-corrected chi connectivity index (χ0v) is 14.6. The highest BCUT2D eigenvalue weighted by Gasteiger charge is 2.07. The standard InChI is InChI=1S/C18H22BrNO2/c1-13-5-3-4-6-15(13)12-22-18-8-7-17(19)9-16(18)11-20-10-14(2)21/h3-9,14,20-21H,10-12H2,1-2H3/t14-/m0/s1. The van der Waals surface area contributed by atoms with Crippen molar-refractivity contribution in [3.05, 3.63) is 63.6 Å². The van der Waals surface area contributed by atoms with Crippen molar-refractivity contribution in [3.63, 3.8) is 0 Å². The van der Waals surface area contributed by atoms with Crippen molar-refractivity contribution in [2.75, 3.05) is 6.54 Å². The van der Waals surface area contributed by atoms with Gasteiger partial charge in [-0.1, -0.05) is 40.2 Å². The van der Waals surface area contributed by atoms with Crippen molar-refractivity contribution < 1.29 is 9.84 Å². The molecule has 0 bridgehead atoms. The summed E-state index contributed by atoms with van der Waals surface area (Å²) in [5.41, 5.74) is 3.49. The van der Waals surface area contributed by atoms with Crippen molar-refractivity contribution >= 4 is 15.9 Å². The van der Waals surface area contributed by atoms with Crippen LogP contribution in [0.15, 0.2) is 46.9 Å². The van der Waals surface area contributed by atoms with Gasteiger partial charge in [0.1, 0.15) is 12.4 Å². The van der Waals surface area contributed by atoms with Crippen LogP contribution in [0.4, 0.5) is 0 Å². The van der Waals surface area contributed by atoms with Crippen molar-refractivity contribution in [1.82, 2.24) is 5.32 Å². The molecule has 0 heterocycles. The molecule has 22 heavy (non-hydrogen) atoms. The summed E-state index contributed by atoms with van der Waals surface area (Å²) in [5, 5.41) is 12.6. The molecule has 0 spiro atoms. The Kier molecular flexibility index (Phi) is 6.43. The topological polar surface area (TPSA) is 41.5 Å². The fourth-order valence-corrected chi connectivity index (χ4v) is 2.58. The van der Waals surface area contributed by atoms with Crippen molar-refractivity contribution in [2.24, 2.45) is 0 Å². The van der Waals surface area contributed by atoms with E-state index >= 15 is 0 Å². The van der Waals surface area contributed by atoms with Crippen molar-refractivity contribution in [2.45, 2.75) is 33.1 Å². The molecule has 0 aliphatic rings. The predicted molar refractivity (Wildman–Crippen MR) is 93.0 cm³/mol. The van der Waals surface area contributed by atoms with Crippen molar-refractivity contribution in [1.29, 1.82) is 0 Å². The molecule has 1 atom stereocenters. The lowest BCUT2D eigenvalue weighted by molar-refractivity contribution is 0.190. The second-order valence-corrected chi connectivity index (χ2v) is 6.36. The normalized spacial score (nSPS) is 12.2. The van der Waals surface area contributed by atoms with Crippen LogP contribution in [0.25, 0.3) is 0 Å². The quantitative estimate of drug-likeness (QED) is 0.785. The first kappa shape index (κ1) is 17.0. The molecule has 0 amide bonds. The lowest BCUT2D eigenvalue weighted by Gasteiger charge is -2.14. The second-order valence-electron chi connectivity index (χ2n) is 5.45. The minimum Gasteiger partial charge on any atom is -0.489 e. The van der Waals surface area contributed by atoms with Gasteiger partial charge in [-0.05, 0) is 43.2 Å². The summed E-state index contributed by atoms with van der Waals surface area (Å²) in [6.07, 6.45) is -0.358. The lowest BCUT2D eigenvalue weighted by atomic mass is 10.1. The molecule has 0 unspecified atom stereocenters. The number of ether oxygens (including phenoxy) is 1. The maximum atomic E-state index is 9.33. The molecule has 0 fully saturated rings. The maximum Gasteiger partial charge on any atom is 0.124 e. The SMILES string of the molecule is Cc1ccccc1COc1ccc(Br)cc1CNC[C@H](C)O. The van der Waals surface area contributed by atoms with Gasteiger partial charge in [0.2, 0.25) is 0 Å². The van der Waals surface area contributed by atoms with Crippen LogP contribution in [0.5, 0.6) is 5.75 Å². The highest BCUT2D eigenvalue weighted by Crippen LogP contribution is 2.24. The van der Waals surface area contributed by atoms with Gasteiger partial charge >= 0.3 is 0 Å². The third-order valence-corrected chi connectivity index (χ3v) is 3.92. The van der Waals surface area contributed by atoms with Crippen LogP contribution in [0.1, 0.15) is 23.6 Å². The number of aryl methyl sites for hydroxylation is 1. The van der Waals surface area contributed by atoms with Crippen LogP contribution in [0, 0.1) is 6.92 Å². The Hall–Kier alpha value is -1.36. The van der Waals surface area contributed by atoms with Gasteiger partial charge in [0.15, 0.2) is 0 Å². The van der Waals surface area contributed by atoms with Crippen LogP contribution < -0.4 is 10.1 Å². The minimum atomic E-state index is -0.358. The zero-order chi connectivity index (χ0) is 15.9. The molecule has 2 N–H and O–H groups in total.